The first-order chi connectivity index (χ1) is 9.81. The molecule has 0 saturated carbocycles. The highest BCUT2D eigenvalue weighted by Crippen LogP contribution is 2.51. The van der Waals surface area contributed by atoms with Crippen molar-refractivity contribution in [2.45, 2.75) is 53.1 Å². The summed E-state index contributed by atoms with van der Waals surface area (Å²) in [7, 11) is 0. The summed E-state index contributed by atoms with van der Waals surface area (Å²) < 4.78 is 6.36. The van der Waals surface area contributed by atoms with Crippen LogP contribution in [0.5, 0.6) is 5.75 Å². The Morgan fingerprint density at radius 2 is 1.57 bits per heavy atom. The van der Waals surface area contributed by atoms with Crippen molar-refractivity contribution >= 4 is 0 Å². The zero-order valence-corrected chi connectivity index (χ0v) is 13.8. The quantitative estimate of drug-likeness (QED) is 0.712. The van der Waals surface area contributed by atoms with Gasteiger partial charge in [0.1, 0.15) is 11.4 Å². The van der Waals surface area contributed by atoms with Crippen LogP contribution in [0.2, 0.25) is 0 Å². The second-order valence-corrected chi connectivity index (χ2v) is 6.79. The maximum Gasteiger partial charge on any atom is 0.127 e. The van der Waals surface area contributed by atoms with E-state index in [1.807, 2.05) is 0 Å². The van der Waals surface area contributed by atoms with Crippen molar-refractivity contribution in [3.05, 3.63) is 63.7 Å². The lowest BCUT2D eigenvalue weighted by Crippen LogP contribution is -2.31. The van der Waals surface area contributed by atoms with Crippen LogP contribution in [-0.4, -0.2) is 5.60 Å². The Hall–Kier alpha value is -1.76. The van der Waals surface area contributed by atoms with E-state index >= 15 is 0 Å². The fourth-order valence-electron chi connectivity index (χ4n) is 3.46. The van der Waals surface area contributed by atoms with Gasteiger partial charge in [0.25, 0.3) is 0 Å². The normalized spacial score (nSPS) is 19.2. The number of ether oxygens (including phenoxy) is 1. The van der Waals surface area contributed by atoms with Crippen LogP contribution in [0.4, 0.5) is 0 Å². The van der Waals surface area contributed by atoms with Crippen LogP contribution in [0.3, 0.4) is 0 Å². The van der Waals surface area contributed by atoms with E-state index in [9.17, 15) is 0 Å². The van der Waals surface area contributed by atoms with E-state index in [1.165, 1.54) is 33.4 Å². The number of rotatable bonds is 1. The van der Waals surface area contributed by atoms with Crippen LogP contribution < -0.4 is 4.74 Å². The molecule has 1 unspecified atom stereocenters. The molecule has 1 atom stereocenters. The Morgan fingerprint density at radius 1 is 0.952 bits per heavy atom. The molecule has 21 heavy (non-hydrogen) atoms. The second-order valence-electron chi connectivity index (χ2n) is 6.79. The zero-order valence-electron chi connectivity index (χ0n) is 13.8. The molecule has 1 nitrogen and oxygen atoms in total. The van der Waals surface area contributed by atoms with Gasteiger partial charge in [-0.05, 0) is 69.9 Å². The van der Waals surface area contributed by atoms with Crippen molar-refractivity contribution in [1.29, 1.82) is 0 Å². The zero-order chi connectivity index (χ0) is 15.4. The maximum atomic E-state index is 6.36. The Balaban J connectivity index is 2.23. The van der Waals surface area contributed by atoms with Crippen LogP contribution in [0, 0.1) is 33.8 Å². The molecule has 2 aromatic rings. The van der Waals surface area contributed by atoms with Crippen molar-refractivity contribution in [2.24, 2.45) is 0 Å². The first kappa shape index (κ1) is 14.2. The molecule has 0 aromatic heterocycles. The van der Waals surface area contributed by atoms with Crippen LogP contribution in [0.1, 0.15) is 53.1 Å². The van der Waals surface area contributed by atoms with E-state index in [1.54, 1.807) is 0 Å². The number of fused-ring (bicyclic) bond motifs is 1. The highest BCUT2D eigenvalue weighted by atomic mass is 16.5. The Labute approximate surface area is 128 Å². The molecule has 0 aliphatic carbocycles. The van der Waals surface area contributed by atoms with Crippen molar-refractivity contribution in [1.82, 2.24) is 0 Å². The molecule has 1 heterocycles. The van der Waals surface area contributed by atoms with Gasteiger partial charge in [-0.1, -0.05) is 29.8 Å². The van der Waals surface area contributed by atoms with Crippen LogP contribution in [0.25, 0.3) is 0 Å². The van der Waals surface area contributed by atoms with E-state index < -0.39 is 0 Å². The van der Waals surface area contributed by atoms with Gasteiger partial charge in [0.15, 0.2) is 0 Å². The van der Waals surface area contributed by atoms with E-state index in [2.05, 4.69) is 71.9 Å². The summed E-state index contributed by atoms with van der Waals surface area (Å²) in [5.41, 5.74) is 7.32. The van der Waals surface area contributed by atoms with E-state index in [0.717, 1.165) is 5.75 Å². The molecule has 0 spiro atoms. The maximum absolute atomic E-state index is 6.36. The summed E-state index contributed by atoms with van der Waals surface area (Å²) in [6, 6.07) is 12.3. The van der Waals surface area contributed by atoms with Gasteiger partial charge in [-0.2, -0.15) is 0 Å². The van der Waals surface area contributed by atoms with E-state index in [4.69, 9.17) is 4.74 Å². The second kappa shape index (κ2) is 4.62. The molecule has 0 saturated heterocycles. The predicted octanol–water partition coefficient (Wildman–Crippen LogP) is 5.02. The standard InChI is InChI=1S/C20H23O/c1-12-7-9-16(10-8-12)18-17-14(3)11-13(2)15(4)19(17)21-20(18,5)6/h7-10,18H,1-6H3. The number of hydrogen-bond donors (Lipinski definition) is 0. The Kier molecular flexibility index (Phi) is 3.12. The lowest BCUT2D eigenvalue weighted by atomic mass is 9.79. The van der Waals surface area contributed by atoms with Crippen LogP contribution in [0.15, 0.2) is 24.3 Å². The minimum atomic E-state index is -0.227. The molecule has 0 N–H and O–H groups in total. The lowest BCUT2D eigenvalue weighted by Gasteiger charge is -2.27. The SMILES string of the molecule is Cc1ccc(C2c3c(C)[c]c(C)c(C)c3OC2(C)C)cc1. The molecule has 0 fully saturated rings. The fraction of sp³-hybridized carbons (Fsp3) is 0.400. The molecule has 3 rings (SSSR count). The minimum Gasteiger partial charge on any atom is -0.486 e. The van der Waals surface area contributed by atoms with Gasteiger partial charge in [-0.3, -0.25) is 0 Å². The van der Waals surface area contributed by atoms with Gasteiger partial charge in [0, 0.05) is 5.56 Å². The van der Waals surface area contributed by atoms with E-state index in [-0.39, 0.29) is 11.5 Å². The molecule has 1 aliphatic heterocycles. The molecular formula is C20H23O. The van der Waals surface area contributed by atoms with Crippen LogP contribution in [-0.2, 0) is 0 Å². The smallest absolute Gasteiger partial charge is 0.127 e. The third-order valence-corrected chi connectivity index (χ3v) is 4.69. The molecule has 0 bridgehead atoms. The predicted molar refractivity (Wildman–Crippen MR) is 87.2 cm³/mol. The fourth-order valence-corrected chi connectivity index (χ4v) is 3.46. The topological polar surface area (TPSA) is 9.23 Å². The third kappa shape index (κ3) is 2.16. The average molecular weight is 279 g/mol. The molecular weight excluding hydrogens is 256 g/mol. The summed E-state index contributed by atoms with van der Waals surface area (Å²) in [4.78, 5) is 0. The van der Waals surface area contributed by atoms with E-state index in [0.29, 0.717) is 0 Å². The van der Waals surface area contributed by atoms with Gasteiger partial charge in [0.2, 0.25) is 0 Å². The summed E-state index contributed by atoms with van der Waals surface area (Å²) in [5, 5.41) is 0. The first-order valence-electron chi connectivity index (χ1n) is 7.60. The molecule has 1 radical (unpaired) electrons. The van der Waals surface area contributed by atoms with Crippen molar-refractivity contribution in [2.75, 3.05) is 0 Å². The van der Waals surface area contributed by atoms with Gasteiger partial charge < -0.3 is 4.74 Å². The molecule has 1 aliphatic rings. The third-order valence-electron chi connectivity index (χ3n) is 4.69. The van der Waals surface area contributed by atoms with Gasteiger partial charge in [-0.15, -0.1) is 0 Å². The Bertz CT molecular complexity index is 693. The first-order valence-corrected chi connectivity index (χ1v) is 7.60. The Morgan fingerprint density at radius 3 is 2.19 bits per heavy atom. The molecule has 109 valence electrons. The van der Waals surface area contributed by atoms with Crippen LogP contribution >= 0.6 is 0 Å². The van der Waals surface area contributed by atoms with Crippen molar-refractivity contribution < 1.29 is 4.74 Å². The van der Waals surface area contributed by atoms with Crippen molar-refractivity contribution in [3.63, 3.8) is 0 Å². The number of hydrogen-bond acceptors (Lipinski definition) is 1. The largest absolute Gasteiger partial charge is 0.486 e. The summed E-state index contributed by atoms with van der Waals surface area (Å²) in [6.07, 6.45) is 0. The van der Waals surface area contributed by atoms with Gasteiger partial charge in [0.05, 0.1) is 5.92 Å². The minimum absolute atomic E-state index is 0.227. The highest BCUT2D eigenvalue weighted by molar-refractivity contribution is 5.57. The number of aryl methyl sites for hydroxylation is 3. The highest BCUT2D eigenvalue weighted by Gasteiger charge is 2.43. The molecule has 1 heteroatoms. The van der Waals surface area contributed by atoms with Gasteiger partial charge >= 0.3 is 0 Å². The van der Waals surface area contributed by atoms with Crippen molar-refractivity contribution in [3.8, 4) is 5.75 Å². The number of benzene rings is 2. The monoisotopic (exact) mass is 279 g/mol. The molecule has 2 aromatic carbocycles. The summed E-state index contributed by atoms with van der Waals surface area (Å²) in [5.74, 6) is 1.34. The van der Waals surface area contributed by atoms with Gasteiger partial charge in [-0.25, -0.2) is 0 Å². The summed E-state index contributed by atoms with van der Waals surface area (Å²) >= 11 is 0. The average Bonchev–Trinajstić information content (AvgIpc) is 2.69. The molecule has 0 amide bonds. The lowest BCUT2D eigenvalue weighted by molar-refractivity contribution is 0.121. The summed E-state index contributed by atoms with van der Waals surface area (Å²) in [6.45, 7) is 12.9.